The van der Waals surface area contributed by atoms with Gasteiger partial charge < -0.3 is 20.6 Å². The van der Waals surface area contributed by atoms with Gasteiger partial charge in [0.05, 0.1) is 22.5 Å². The molecule has 186 valence electrons. The molecular formula is C28H20N6O4. The van der Waals surface area contributed by atoms with E-state index in [1.54, 1.807) is 72.8 Å². The molecule has 0 aliphatic carbocycles. The predicted molar refractivity (Wildman–Crippen MR) is 143 cm³/mol. The molecule has 2 amide bonds. The number of H-pyrrole nitrogens is 2. The standard InChI is InChI=1S/C28H20N6O4/c35-25(21-15-29-27(37)33-23(21)17-7-3-1-4-8-17)31-19-11-13-20(14-12-19)32-26(36)22-16-30-28(38)34-24(22)18-9-5-2-6-10-18/h1-16H,(H,31,35)(H,32,36)(H,29,33,37)(H,30,34,38). The molecule has 0 radical (unpaired) electrons. The Morgan fingerprint density at radius 3 is 1.29 bits per heavy atom. The van der Waals surface area contributed by atoms with Crippen molar-refractivity contribution in [3.63, 3.8) is 0 Å². The second kappa shape index (κ2) is 10.5. The summed E-state index contributed by atoms with van der Waals surface area (Å²) >= 11 is 0. The number of carbonyl (C=O) groups is 2. The Hall–Kier alpha value is -5.64. The van der Waals surface area contributed by atoms with E-state index in [-0.39, 0.29) is 11.1 Å². The van der Waals surface area contributed by atoms with Gasteiger partial charge in [0, 0.05) is 23.8 Å². The maximum atomic E-state index is 13.0. The van der Waals surface area contributed by atoms with Crippen molar-refractivity contribution >= 4 is 23.2 Å². The maximum Gasteiger partial charge on any atom is 0.345 e. The molecule has 0 saturated heterocycles. The van der Waals surface area contributed by atoms with Crippen LogP contribution in [0, 0.1) is 0 Å². The van der Waals surface area contributed by atoms with Gasteiger partial charge in [-0.2, -0.15) is 0 Å². The Bertz CT molecular complexity index is 1600. The monoisotopic (exact) mass is 504 g/mol. The summed E-state index contributed by atoms with van der Waals surface area (Å²) in [4.78, 5) is 62.2. The van der Waals surface area contributed by atoms with Crippen molar-refractivity contribution in [2.45, 2.75) is 0 Å². The lowest BCUT2D eigenvalue weighted by Crippen LogP contribution is -2.20. The lowest BCUT2D eigenvalue weighted by atomic mass is 10.1. The average molecular weight is 505 g/mol. The Balaban J connectivity index is 1.33. The predicted octanol–water partition coefficient (Wildman–Crippen LogP) is 3.69. The summed E-state index contributed by atoms with van der Waals surface area (Å²) in [7, 11) is 0. The molecule has 4 N–H and O–H groups in total. The average Bonchev–Trinajstić information content (AvgIpc) is 2.95. The van der Waals surface area contributed by atoms with Crippen molar-refractivity contribution in [2.75, 3.05) is 10.6 Å². The Kier molecular flexibility index (Phi) is 6.68. The number of amides is 2. The molecule has 10 nitrogen and oxygen atoms in total. The third-order valence-corrected chi connectivity index (χ3v) is 5.64. The van der Waals surface area contributed by atoms with Crippen LogP contribution >= 0.6 is 0 Å². The summed E-state index contributed by atoms with van der Waals surface area (Å²) in [6.07, 6.45) is 2.46. The van der Waals surface area contributed by atoms with E-state index in [1.165, 1.54) is 12.4 Å². The van der Waals surface area contributed by atoms with Gasteiger partial charge in [-0.1, -0.05) is 60.7 Å². The zero-order valence-electron chi connectivity index (χ0n) is 19.8. The van der Waals surface area contributed by atoms with E-state index in [9.17, 15) is 19.2 Å². The minimum atomic E-state index is -0.561. The van der Waals surface area contributed by atoms with Crippen LogP contribution in [0.5, 0.6) is 0 Å². The van der Waals surface area contributed by atoms with Crippen LogP contribution in [0.15, 0.2) is 107 Å². The van der Waals surface area contributed by atoms with Crippen molar-refractivity contribution in [1.29, 1.82) is 0 Å². The van der Waals surface area contributed by atoms with Crippen LogP contribution in [-0.4, -0.2) is 31.8 Å². The van der Waals surface area contributed by atoms with Gasteiger partial charge in [0.15, 0.2) is 0 Å². The number of rotatable bonds is 6. The fourth-order valence-corrected chi connectivity index (χ4v) is 3.83. The van der Waals surface area contributed by atoms with Gasteiger partial charge in [-0.3, -0.25) is 9.59 Å². The first-order chi connectivity index (χ1) is 18.5. The van der Waals surface area contributed by atoms with Crippen LogP contribution in [0.3, 0.4) is 0 Å². The van der Waals surface area contributed by atoms with E-state index in [0.29, 0.717) is 33.9 Å². The van der Waals surface area contributed by atoms with Crippen molar-refractivity contribution in [1.82, 2.24) is 19.9 Å². The first kappa shape index (κ1) is 24.1. The number of aromatic amines is 2. The first-order valence-corrected chi connectivity index (χ1v) is 11.5. The number of nitrogens with one attached hydrogen (secondary N) is 4. The van der Waals surface area contributed by atoms with Crippen LogP contribution in [-0.2, 0) is 0 Å². The highest BCUT2D eigenvalue weighted by molar-refractivity contribution is 6.09. The number of carbonyl (C=O) groups excluding carboxylic acids is 2. The summed E-state index contributed by atoms with van der Waals surface area (Å²) in [5, 5.41) is 5.55. The molecule has 0 atom stereocenters. The van der Waals surface area contributed by atoms with Crippen molar-refractivity contribution in [3.05, 3.63) is 129 Å². The highest BCUT2D eigenvalue weighted by Crippen LogP contribution is 2.23. The summed E-state index contributed by atoms with van der Waals surface area (Å²) in [5.41, 5.74) is 2.26. The lowest BCUT2D eigenvalue weighted by molar-refractivity contribution is 0.101. The third-order valence-electron chi connectivity index (χ3n) is 5.64. The van der Waals surface area contributed by atoms with Gasteiger partial charge in [0.25, 0.3) is 11.8 Å². The van der Waals surface area contributed by atoms with Crippen molar-refractivity contribution in [3.8, 4) is 22.5 Å². The van der Waals surface area contributed by atoms with Gasteiger partial charge in [-0.05, 0) is 35.4 Å². The number of benzene rings is 3. The topological polar surface area (TPSA) is 150 Å². The molecular weight excluding hydrogens is 484 g/mol. The smallest absolute Gasteiger partial charge is 0.322 e. The summed E-state index contributed by atoms with van der Waals surface area (Å²) in [6, 6.07) is 24.5. The van der Waals surface area contributed by atoms with E-state index in [4.69, 9.17) is 0 Å². The van der Waals surface area contributed by atoms with Crippen molar-refractivity contribution < 1.29 is 9.59 Å². The Morgan fingerprint density at radius 1 is 0.553 bits per heavy atom. The van der Waals surface area contributed by atoms with Crippen LogP contribution in [0.1, 0.15) is 20.7 Å². The van der Waals surface area contributed by atoms with E-state index in [1.807, 2.05) is 12.1 Å². The molecule has 10 heteroatoms. The lowest BCUT2D eigenvalue weighted by Gasteiger charge is -2.11. The van der Waals surface area contributed by atoms with Crippen LogP contribution in [0.4, 0.5) is 11.4 Å². The Labute approximate surface area is 215 Å². The molecule has 0 bridgehead atoms. The molecule has 0 unspecified atom stereocenters. The molecule has 2 heterocycles. The molecule has 38 heavy (non-hydrogen) atoms. The van der Waals surface area contributed by atoms with Gasteiger partial charge in [0.1, 0.15) is 0 Å². The normalized spacial score (nSPS) is 10.5. The SMILES string of the molecule is O=C(Nc1ccc(NC(=O)c2cnc(=O)[nH]c2-c2ccccc2)cc1)c1cnc(=O)[nH]c1-c1ccccc1. The van der Waals surface area contributed by atoms with Crippen molar-refractivity contribution in [2.24, 2.45) is 0 Å². The van der Waals surface area contributed by atoms with E-state index in [2.05, 4.69) is 30.6 Å². The van der Waals surface area contributed by atoms with Crippen LogP contribution in [0.25, 0.3) is 22.5 Å². The largest absolute Gasteiger partial charge is 0.345 e. The molecule has 0 aliphatic heterocycles. The third kappa shape index (κ3) is 5.29. The fourth-order valence-electron chi connectivity index (χ4n) is 3.83. The minimum Gasteiger partial charge on any atom is -0.322 e. The minimum absolute atomic E-state index is 0.201. The van der Waals surface area contributed by atoms with E-state index in [0.717, 1.165) is 0 Å². The Morgan fingerprint density at radius 2 is 0.921 bits per heavy atom. The second-order valence-corrected chi connectivity index (χ2v) is 8.17. The molecule has 3 aromatic carbocycles. The highest BCUT2D eigenvalue weighted by Gasteiger charge is 2.17. The number of nitrogens with zero attached hydrogens (tertiary/aromatic N) is 2. The van der Waals surface area contributed by atoms with E-state index >= 15 is 0 Å². The molecule has 5 aromatic rings. The summed E-state index contributed by atoms with van der Waals surface area (Å²) < 4.78 is 0. The second-order valence-electron chi connectivity index (χ2n) is 8.17. The summed E-state index contributed by atoms with van der Waals surface area (Å²) in [6.45, 7) is 0. The number of hydrogen-bond donors (Lipinski definition) is 4. The molecule has 0 aliphatic rings. The number of anilines is 2. The maximum absolute atomic E-state index is 13.0. The molecule has 0 saturated carbocycles. The van der Waals surface area contributed by atoms with Gasteiger partial charge >= 0.3 is 11.4 Å². The molecule has 2 aromatic heterocycles. The fraction of sp³-hybridized carbons (Fsp3) is 0. The molecule has 0 spiro atoms. The quantitative estimate of drug-likeness (QED) is 0.277. The zero-order valence-corrected chi connectivity index (χ0v) is 19.8. The summed E-state index contributed by atoms with van der Waals surface area (Å²) in [5.74, 6) is -0.924. The first-order valence-electron chi connectivity index (χ1n) is 11.5. The van der Waals surface area contributed by atoms with E-state index < -0.39 is 23.2 Å². The zero-order chi connectivity index (χ0) is 26.5. The van der Waals surface area contributed by atoms with Gasteiger partial charge in [-0.25, -0.2) is 19.6 Å². The number of hydrogen-bond acceptors (Lipinski definition) is 6. The highest BCUT2D eigenvalue weighted by atomic mass is 16.2. The van der Waals surface area contributed by atoms with Gasteiger partial charge in [0.2, 0.25) is 0 Å². The van der Waals surface area contributed by atoms with Crippen LogP contribution in [0.2, 0.25) is 0 Å². The number of aromatic nitrogens is 4. The molecule has 0 fully saturated rings. The molecule has 5 rings (SSSR count). The van der Waals surface area contributed by atoms with Gasteiger partial charge in [-0.15, -0.1) is 0 Å². The van der Waals surface area contributed by atoms with Crippen LogP contribution < -0.4 is 22.0 Å².